The van der Waals surface area contributed by atoms with Crippen LogP contribution in [0.1, 0.15) is 30.9 Å². The number of fused-ring (bicyclic) bond motifs is 1. The monoisotopic (exact) mass is 306 g/mol. The molecule has 0 amide bonds. The molecule has 2 aliphatic heterocycles. The molecule has 0 spiro atoms. The Hall–Kier alpha value is -0.770. The first-order valence-corrected chi connectivity index (χ1v) is 8.50. The minimum atomic E-state index is 0.566. The fourth-order valence-corrected chi connectivity index (χ4v) is 3.93. The number of benzene rings is 1. The van der Waals surface area contributed by atoms with Crippen LogP contribution in [0.4, 0.5) is 0 Å². The van der Waals surface area contributed by atoms with Gasteiger partial charge in [-0.1, -0.05) is 11.6 Å². The summed E-state index contributed by atoms with van der Waals surface area (Å²) in [6.07, 6.45) is 3.79. The summed E-state index contributed by atoms with van der Waals surface area (Å²) in [5.41, 5.74) is 2.54. The minimum Gasteiger partial charge on any atom is -0.493 e. The van der Waals surface area contributed by atoms with Gasteiger partial charge in [-0.2, -0.15) is 0 Å². The van der Waals surface area contributed by atoms with Crippen LogP contribution in [-0.2, 0) is 13.0 Å². The molecule has 0 bridgehead atoms. The largest absolute Gasteiger partial charge is 0.493 e. The zero-order valence-corrected chi connectivity index (χ0v) is 13.3. The number of piperazine rings is 1. The van der Waals surface area contributed by atoms with E-state index in [1.165, 1.54) is 24.0 Å². The Morgan fingerprint density at radius 3 is 3.05 bits per heavy atom. The van der Waals surface area contributed by atoms with Crippen LogP contribution < -0.4 is 10.1 Å². The van der Waals surface area contributed by atoms with Gasteiger partial charge in [0.25, 0.3) is 0 Å². The van der Waals surface area contributed by atoms with Crippen LogP contribution in [0.2, 0.25) is 5.02 Å². The lowest BCUT2D eigenvalue weighted by molar-refractivity contribution is 0.124. The van der Waals surface area contributed by atoms with E-state index in [9.17, 15) is 0 Å². The first-order chi connectivity index (χ1) is 10.2. The Balaban J connectivity index is 1.54. The van der Waals surface area contributed by atoms with Crippen molar-refractivity contribution >= 4 is 11.6 Å². The Kier molecular flexibility index (Phi) is 3.60. The van der Waals surface area contributed by atoms with Gasteiger partial charge in [0.1, 0.15) is 5.75 Å². The van der Waals surface area contributed by atoms with E-state index in [0.717, 1.165) is 49.4 Å². The summed E-state index contributed by atoms with van der Waals surface area (Å²) in [6.45, 7) is 6.29. The van der Waals surface area contributed by atoms with Crippen LogP contribution >= 0.6 is 11.6 Å². The van der Waals surface area contributed by atoms with Gasteiger partial charge >= 0.3 is 0 Å². The SMILES string of the molecule is CC1CNC(C2CC2)CN1Cc1cc(Cl)cc2c1OCC2. The lowest BCUT2D eigenvalue weighted by Gasteiger charge is -2.39. The van der Waals surface area contributed by atoms with E-state index in [4.69, 9.17) is 16.3 Å². The van der Waals surface area contributed by atoms with E-state index in [-0.39, 0.29) is 0 Å². The molecule has 2 heterocycles. The van der Waals surface area contributed by atoms with Crippen molar-refractivity contribution in [2.24, 2.45) is 5.92 Å². The van der Waals surface area contributed by atoms with Crippen molar-refractivity contribution in [3.8, 4) is 5.75 Å². The second-order valence-electron chi connectivity index (χ2n) is 6.78. The summed E-state index contributed by atoms with van der Waals surface area (Å²) in [6, 6.07) is 5.39. The highest BCUT2D eigenvalue weighted by Crippen LogP contribution is 2.36. The highest BCUT2D eigenvalue weighted by molar-refractivity contribution is 6.30. The molecule has 4 rings (SSSR count). The molecule has 4 heteroatoms. The number of ether oxygens (including phenoxy) is 1. The van der Waals surface area contributed by atoms with Crippen molar-refractivity contribution in [1.29, 1.82) is 0 Å². The number of rotatable bonds is 3. The standard InChI is InChI=1S/C17H23ClN2O/c1-11-8-19-16(12-2-3-12)10-20(11)9-14-7-15(18)6-13-4-5-21-17(13)14/h6-7,11-12,16,19H,2-5,8-10H2,1H3. The van der Waals surface area contributed by atoms with Crippen molar-refractivity contribution in [2.45, 2.75) is 44.8 Å². The van der Waals surface area contributed by atoms with Gasteiger partial charge in [0.2, 0.25) is 0 Å². The first kappa shape index (κ1) is 13.9. The Bertz CT molecular complexity index is 544. The second kappa shape index (κ2) is 5.45. The number of nitrogens with one attached hydrogen (secondary N) is 1. The van der Waals surface area contributed by atoms with Crippen molar-refractivity contribution in [2.75, 3.05) is 19.7 Å². The maximum Gasteiger partial charge on any atom is 0.127 e. The third kappa shape index (κ3) is 2.79. The summed E-state index contributed by atoms with van der Waals surface area (Å²) in [5.74, 6) is 1.99. The van der Waals surface area contributed by atoms with Gasteiger partial charge in [0.15, 0.2) is 0 Å². The van der Waals surface area contributed by atoms with E-state index in [1.807, 2.05) is 0 Å². The van der Waals surface area contributed by atoms with Gasteiger partial charge in [0.05, 0.1) is 6.61 Å². The van der Waals surface area contributed by atoms with Gasteiger partial charge in [-0.25, -0.2) is 0 Å². The molecule has 21 heavy (non-hydrogen) atoms. The second-order valence-corrected chi connectivity index (χ2v) is 7.22. The van der Waals surface area contributed by atoms with Crippen molar-refractivity contribution in [3.05, 3.63) is 28.3 Å². The first-order valence-electron chi connectivity index (χ1n) is 8.12. The summed E-state index contributed by atoms with van der Waals surface area (Å²) in [5, 5.41) is 4.55. The van der Waals surface area contributed by atoms with E-state index >= 15 is 0 Å². The summed E-state index contributed by atoms with van der Waals surface area (Å²) in [7, 11) is 0. The molecule has 2 fully saturated rings. The van der Waals surface area contributed by atoms with E-state index in [2.05, 4.69) is 29.3 Å². The van der Waals surface area contributed by atoms with Gasteiger partial charge in [-0.15, -0.1) is 0 Å². The summed E-state index contributed by atoms with van der Waals surface area (Å²) < 4.78 is 5.85. The predicted molar refractivity (Wildman–Crippen MR) is 85.0 cm³/mol. The Morgan fingerprint density at radius 1 is 1.38 bits per heavy atom. The summed E-state index contributed by atoms with van der Waals surface area (Å²) in [4.78, 5) is 2.59. The summed E-state index contributed by atoms with van der Waals surface area (Å²) >= 11 is 6.29. The quantitative estimate of drug-likeness (QED) is 0.929. The van der Waals surface area contributed by atoms with E-state index < -0.39 is 0 Å². The molecular formula is C17H23ClN2O. The van der Waals surface area contributed by atoms with Crippen molar-refractivity contribution in [1.82, 2.24) is 10.2 Å². The fourth-order valence-electron chi connectivity index (χ4n) is 3.67. The van der Waals surface area contributed by atoms with Crippen LogP contribution in [0, 0.1) is 5.92 Å². The predicted octanol–water partition coefficient (Wildman–Crippen LogP) is 2.85. The molecular weight excluding hydrogens is 284 g/mol. The molecule has 1 saturated carbocycles. The maximum atomic E-state index is 6.29. The van der Waals surface area contributed by atoms with E-state index in [1.54, 1.807) is 0 Å². The van der Waals surface area contributed by atoms with Crippen LogP contribution in [0.25, 0.3) is 0 Å². The zero-order chi connectivity index (χ0) is 14.4. The van der Waals surface area contributed by atoms with Crippen LogP contribution in [-0.4, -0.2) is 36.7 Å². The van der Waals surface area contributed by atoms with Gasteiger partial charge < -0.3 is 10.1 Å². The molecule has 3 nitrogen and oxygen atoms in total. The smallest absolute Gasteiger partial charge is 0.127 e. The van der Waals surface area contributed by atoms with Crippen molar-refractivity contribution < 1.29 is 4.74 Å². The molecule has 2 atom stereocenters. The molecule has 1 aromatic rings. The normalized spacial score (nSPS) is 29.2. The molecule has 3 aliphatic rings. The molecule has 1 aromatic carbocycles. The third-order valence-corrected chi connectivity index (χ3v) is 5.34. The fraction of sp³-hybridized carbons (Fsp3) is 0.647. The number of hydrogen-bond donors (Lipinski definition) is 1. The van der Waals surface area contributed by atoms with Crippen LogP contribution in [0.15, 0.2) is 12.1 Å². The lowest BCUT2D eigenvalue weighted by Crippen LogP contribution is -2.55. The molecule has 0 radical (unpaired) electrons. The molecule has 1 saturated heterocycles. The molecule has 1 N–H and O–H groups in total. The average Bonchev–Trinajstić information content (AvgIpc) is 3.20. The van der Waals surface area contributed by atoms with Gasteiger partial charge in [0, 0.05) is 48.7 Å². The highest BCUT2D eigenvalue weighted by atomic mass is 35.5. The maximum absolute atomic E-state index is 6.29. The third-order valence-electron chi connectivity index (χ3n) is 5.12. The number of halogens is 1. The lowest BCUT2D eigenvalue weighted by atomic mass is 10.0. The Morgan fingerprint density at radius 2 is 2.24 bits per heavy atom. The molecule has 0 aromatic heterocycles. The van der Waals surface area contributed by atoms with Crippen LogP contribution in [0.5, 0.6) is 5.75 Å². The highest BCUT2D eigenvalue weighted by Gasteiger charge is 2.36. The number of nitrogens with zero attached hydrogens (tertiary/aromatic N) is 1. The van der Waals surface area contributed by atoms with Gasteiger partial charge in [-0.3, -0.25) is 4.90 Å². The minimum absolute atomic E-state index is 0.566. The molecule has 2 unspecified atom stereocenters. The molecule has 114 valence electrons. The number of hydrogen-bond acceptors (Lipinski definition) is 3. The Labute approximate surface area is 131 Å². The van der Waals surface area contributed by atoms with Gasteiger partial charge in [-0.05, 0) is 43.4 Å². The van der Waals surface area contributed by atoms with Crippen molar-refractivity contribution in [3.63, 3.8) is 0 Å². The molecule has 1 aliphatic carbocycles. The zero-order valence-electron chi connectivity index (χ0n) is 12.6. The topological polar surface area (TPSA) is 24.5 Å². The average molecular weight is 307 g/mol. The van der Waals surface area contributed by atoms with E-state index in [0.29, 0.717) is 12.1 Å². The van der Waals surface area contributed by atoms with Crippen LogP contribution in [0.3, 0.4) is 0 Å².